The number of rotatable bonds is 7. The third-order valence-corrected chi connectivity index (χ3v) is 5.45. The van der Waals surface area contributed by atoms with E-state index >= 15 is 0 Å². The second-order valence-corrected chi connectivity index (χ2v) is 7.37. The van der Waals surface area contributed by atoms with E-state index in [1.54, 1.807) is 5.38 Å². The van der Waals surface area contributed by atoms with Crippen molar-refractivity contribution < 1.29 is 18.3 Å². The molecule has 0 radical (unpaired) electrons. The van der Waals surface area contributed by atoms with Crippen LogP contribution in [-0.4, -0.2) is 37.1 Å². The van der Waals surface area contributed by atoms with Crippen molar-refractivity contribution in [1.82, 2.24) is 10.2 Å². The predicted octanol–water partition coefficient (Wildman–Crippen LogP) is 4.57. The molecule has 2 heterocycles. The third kappa shape index (κ3) is 4.72. The predicted molar refractivity (Wildman–Crippen MR) is 98.3 cm³/mol. The Balaban J connectivity index is 1.71. The Morgan fingerprint density at radius 3 is 2.77 bits per heavy atom. The van der Waals surface area contributed by atoms with Crippen molar-refractivity contribution in [3.05, 3.63) is 51.2 Å². The average molecular weight is 401 g/mol. The number of thiophene rings is 1. The number of carbonyl (C=O) groups excluding carboxylic acids is 1. The number of nitrogens with zero attached hydrogens (tertiary/aromatic N) is 1. The Labute approximate surface area is 159 Å². The maximum atomic E-state index is 12.5. The average Bonchev–Trinajstić information content (AvgIpc) is 3.26. The zero-order chi connectivity index (χ0) is 18.5. The van der Waals surface area contributed by atoms with E-state index in [2.05, 4.69) is 15.0 Å². The monoisotopic (exact) mass is 400 g/mol. The molecule has 1 aromatic carbocycles. The van der Waals surface area contributed by atoms with Gasteiger partial charge in [0.2, 0.25) is 0 Å². The highest BCUT2D eigenvalue weighted by atomic mass is 35.5. The minimum absolute atomic E-state index is 0.0143. The summed E-state index contributed by atoms with van der Waals surface area (Å²) in [6.45, 7) is -0.692. The number of likely N-dealkylation sites (tertiary alicyclic amines) is 1. The van der Waals surface area contributed by atoms with Crippen LogP contribution in [0.5, 0.6) is 5.75 Å². The number of ether oxygens (including phenoxy) is 1. The van der Waals surface area contributed by atoms with Crippen LogP contribution in [0.25, 0.3) is 0 Å². The van der Waals surface area contributed by atoms with Gasteiger partial charge in [0.15, 0.2) is 0 Å². The maximum absolute atomic E-state index is 12.5. The molecule has 2 aromatic rings. The highest BCUT2D eigenvalue weighted by molar-refractivity contribution is 7.12. The Kier molecular flexibility index (Phi) is 6.45. The molecule has 140 valence electrons. The highest BCUT2D eigenvalue weighted by Crippen LogP contribution is 2.28. The summed E-state index contributed by atoms with van der Waals surface area (Å²) in [7, 11) is 0. The first-order valence-electron chi connectivity index (χ1n) is 8.34. The van der Waals surface area contributed by atoms with Gasteiger partial charge in [-0.1, -0.05) is 23.7 Å². The highest BCUT2D eigenvalue weighted by Gasteiger charge is 2.25. The van der Waals surface area contributed by atoms with Crippen LogP contribution in [0.1, 0.15) is 34.1 Å². The second kappa shape index (κ2) is 8.79. The topological polar surface area (TPSA) is 41.6 Å². The van der Waals surface area contributed by atoms with Crippen molar-refractivity contribution in [3.8, 4) is 5.75 Å². The summed E-state index contributed by atoms with van der Waals surface area (Å²) in [4.78, 5) is 14.9. The van der Waals surface area contributed by atoms with E-state index < -0.39 is 12.5 Å². The molecule has 1 saturated heterocycles. The summed E-state index contributed by atoms with van der Waals surface area (Å²) in [5, 5.41) is 5.06. The van der Waals surface area contributed by atoms with Crippen LogP contribution in [0.2, 0.25) is 5.02 Å². The molecule has 4 nitrogen and oxygen atoms in total. The minimum atomic E-state index is -2.96. The molecule has 1 fully saturated rings. The van der Waals surface area contributed by atoms with Crippen LogP contribution in [0, 0.1) is 0 Å². The van der Waals surface area contributed by atoms with E-state index in [1.165, 1.54) is 6.07 Å². The first-order valence-corrected chi connectivity index (χ1v) is 9.60. The van der Waals surface area contributed by atoms with Gasteiger partial charge in [0.05, 0.1) is 6.04 Å². The van der Waals surface area contributed by atoms with Gasteiger partial charge in [-0.05, 0) is 55.1 Å². The van der Waals surface area contributed by atoms with E-state index in [9.17, 15) is 13.6 Å². The van der Waals surface area contributed by atoms with E-state index in [0.29, 0.717) is 11.6 Å². The molecule has 1 aromatic heterocycles. The molecule has 1 atom stereocenters. The van der Waals surface area contributed by atoms with Gasteiger partial charge in [-0.25, -0.2) is 0 Å². The van der Waals surface area contributed by atoms with Gasteiger partial charge in [-0.15, -0.1) is 11.3 Å². The smallest absolute Gasteiger partial charge is 0.387 e. The van der Waals surface area contributed by atoms with Crippen LogP contribution in [0.4, 0.5) is 8.78 Å². The fraction of sp³-hybridized carbons (Fsp3) is 0.389. The number of halogens is 3. The molecule has 1 unspecified atom stereocenters. The van der Waals surface area contributed by atoms with Gasteiger partial charge in [-0.2, -0.15) is 8.78 Å². The summed E-state index contributed by atoms with van der Waals surface area (Å²) in [6, 6.07) is 8.94. The molecule has 26 heavy (non-hydrogen) atoms. The fourth-order valence-electron chi connectivity index (χ4n) is 3.15. The summed E-state index contributed by atoms with van der Waals surface area (Å²) in [5.74, 6) is -0.509. The van der Waals surface area contributed by atoms with Gasteiger partial charge >= 0.3 is 6.61 Å². The van der Waals surface area contributed by atoms with E-state index in [1.807, 2.05) is 24.3 Å². The Bertz CT molecular complexity index is 750. The Hall–Kier alpha value is -1.70. The lowest BCUT2D eigenvalue weighted by Gasteiger charge is -2.28. The summed E-state index contributed by atoms with van der Waals surface area (Å²) in [6.07, 6.45) is 2.23. The van der Waals surface area contributed by atoms with Crippen molar-refractivity contribution in [1.29, 1.82) is 0 Å². The lowest BCUT2D eigenvalue weighted by Crippen LogP contribution is -2.36. The SMILES string of the molecule is O=C(NCC(c1cccc(Cl)c1)N1CCCC1)c1sccc1OC(F)F. The minimum Gasteiger partial charge on any atom is -0.433 e. The van der Waals surface area contributed by atoms with Gasteiger partial charge in [0, 0.05) is 11.6 Å². The van der Waals surface area contributed by atoms with E-state index in [-0.39, 0.29) is 16.7 Å². The molecular weight excluding hydrogens is 382 g/mol. The summed E-state index contributed by atoms with van der Waals surface area (Å²) in [5.41, 5.74) is 1.02. The lowest BCUT2D eigenvalue weighted by molar-refractivity contribution is -0.0498. The van der Waals surface area contributed by atoms with Gasteiger partial charge in [0.1, 0.15) is 10.6 Å². The van der Waals surface area contributed by atoms with Crippen LogP contribution in [0.3, 0.4) is 0 Å². The standard InChI is InChI=1S/C18H19ClF2N2O2S/c19-13-5-3-4-12(10-13)14(23-7-1-2-8-23)11-22-17(24)16-15(6-9-26-16)25-18(20)21/h3-6,9-10,14,18H,1-2,7-8,11H2,(H,22,24). The number of amides is 1. The maximum Gasteiger partial charge on any atom is 0.387 e. The quantitative estimate of drug-likeness (QED) is 0.740. The number of hydrogen-bond acceptors (Lipinski definition) is 4. The Morgan fingerprint density at radius 2 is 2.08 bits per heavy atom. The molecule has 0 saturated carbocycles. The van der Waals surface area contributed by atoms with Crippen molar-refractivity contribution in [2.75, 3.05) is 19.6 Å². The normalized spacial score (nSPS) is 16.0. The van der Waals surface area contributed by atoms with Gasteiger partial charge in [0.25, 0.3) is 5.91 Å². The summed E-state index contributed by atoms with van der Waals surface area (Å²) < 4.78 is 29.3. The number of nitrogens with one attached hydrogen (secondary N) is 1. The van der Waals surface area contributed by atoms with Crippen molar-refractivity contribution in [2.45, 2.75) is 25.5 Å². The van der Waals surface area contributed by atoms with Crippen LogP contribution >= 0.6 is 22.9 Å². The van der Waals surface area contributed by atoms with Gasteiger partial charge in [-0.3, -0.25) is 9.69 Å². The largest absolute Gasteiger partial charge is 0.433 e. The fourth-order valence-corrected chi connectivity index (χ4v) is 4.08. The Morgan fingerprint density at radius 1 is 1.31 bits per heavy atom. The molecule has 1 N–H and O–H groups in total. The lowest BCUT2D eigenvalue weighted by atomic mass is 10.1. The van der Waals surface area contributed by atoms with E-state index in [4.69, 9.17) is 11.6 Å². The molecule has 1 amide bonds. The molecule has 8 heteroatoms. The zero-order valence-electron chi connectivity index (χ0n) is 14.0. The number of hydrogen-bond donors (Lipinski definition) is 1. The first kappa shape index (κ1) is 19.1. The molecule has 0 aliphatic carbocycles. The van der Waals surface area contributed by atoms with Crippen molar-refractivity contribution in [2.24, 2.45) is 0 Å². The third-order valence-electron chi connectivity index (χ3n) is 4.32. The van der Waals surface area contributed by atoms with Crippen LogP contribution < -0.4 is 10.1 Å². The second-order valence-electron chi connectivity index (χ2n) is 6.02. The molecule has 0 spiro atoms. The van der Waals surface area contributed by atoms with Gasteiger partial charge < -0.3 is 10.1 Å². The van der Waals surface area contributed by atoms with Crippen LogP contribution in [-0.2, 0) is 0 Å². The molecule has 1 aliphatic heterocycles. The zero-order valence-corrected chi connectivity index (χ0v) is 15.5. The first-order chi connectivity index (χ1) is 12.5. The number of benzene rings is 1. The van der Waals surface area contributed by atoms with Crippen molar-refractivity contribution >= 4 is 28.8 Å². The van der Waals surface area contributed by atoms with Crippen LogP contribution in [0.15, 0.2) is 35.7 Å². The number of carbonyl (C=O) groups is 1. The molecule has 1 aliphatic rings. The number of alkyl halides is 2. The molecular formula is C18H19ClF2N2O2S. The van der Waals surface area contributed by atoms with Crippen molar-refractivity contribution in [3.63, 3.8) is 0 Å². The summed E-state index contributed by atoms with van der Waals surface area (Å²) >= 11 is 7.19. The van der Waals surface area contributed by atoms with E-state index in [0.717, 1.165) is 42.8 Å². The molecule has 3 rings (SSSR count). The molecule has 0 bridgehead atoms.